The van der Waals surface area contributed by atoms with Crippen LogP contribution in [-0.4, -0.2) is 43.4 Å². The molecule has 7 nitrogen and oxygen atoms in total. The largest absolute Gasteiger partial charge is 0.459 e. The fourth-order valence-corrected chi connectivity index (χ4v) is 2.06. The number of amides is 2. The number of benzene rings is 1. The Hall–Kier alpha value is -2.51. The second kappa shape index (κ2) is 9.99. The molecule has 0 saturated heterocycles. The average molecular weight is 374 g/mol. The molecule has 8 heteroatoms. The van der Waals surface area contributed by atoms with Gasteiger partial charge in [0.2, 0.25) is 5.91 Å². The van der Waals surface area contributed by atoms with Crippen LogP contribution in [0.4, 0.5) is 4.79 Å². The number of nitrogens with one attached hydrogen (secondary N) is 2. The number of carbonyl (C=O) groups excluding carboxylic acids is 3. The van der Waals surface area contributed by atoms with Crippen LogP contribution in [0.5, 0.6) is 0 Å². The Morgan fingerprint density at radius 2 is 1.67 bits per heavy atom. The third kappa shape index (κ3) is 8.62. The van der Waals surface area contributed by atoms with E-state index < -0.39 is 35.6 Å². The first-order chi connectivity index (χ1) is 12.5. The lowest BCUT2D eigenvalue weighted by Gasteiger charge is -2.25. The van der Waals surface area contributed by atoms with Gasteiger partial charge in [0.05, 0.1) is 5.94 Å². The Morgan fingerprint density at radius 3 is 2.19 bits per heavy atom. The van der Waals surface area contributed by atoms with E-state index >= 15 is 0 Å². The SMILES string of the molecule is [B][C@H](NC(=O)OC(C)(C)C)C(=O)N[C@H](C(=O)OCc1ccccc1)C(C)C. The lowest BCUT2D eigenvalue weighted by molar-refractivity contribution is -0.150. The highest BCUT2D eigenvalue weighted by molar-refractivity contribution is 6.25. The maximum atomic E-state index is 12.3. The van der Waals surface area contributed by atoms with Crippen molar-refractivity contribution in [3.63, 3.8) is 0 Å². The summed E-state index contributed by atoms with van der Waals surface area (Å²) in [6.07, 6.45) is -0.821. The lowest BCUT2D eigenvalue weighted by Crippen LogP contribution is -2.54. The molecule has 0 aliphatic heterocycles. The monoisotopic (exact) mass is 374 g/mol. The molecule has 0 spiro atoms. The van der Waals surface area contributed by atoms with Gasteiger partial charge in [-0.3, -0.25) is 4.79 Å². The van der Waals surface area contributed by atoms with Gasteiger partial charge in [-0.1, -0.05) is 44.2 Å². The summed E-state index contributed by atoms with van der Waals surface area (Å²) in [6, 6.07) is 8.31. The molecule has 1 rings (SSSR count). The topological polar surface area (TPSA) is 93.7 Å². The maximum Gasteiger partial charge on any atom is 0.407 e. The molecule has 1 aromatic carbocycles. The molecular formula is C19H27BN2O5. The molecule has 0 heterocycles. The van der Waals surface area contributed by atoms with Gasteiger partial charge in [-0.25, -0.2) is 9.59 Å². The number of rotatable bonds is 7. The van der Waals surface area contributed by atoms with Crippen LogP contribution in [-0.2, 0) is 25.7 Å². The van der Waals surface area contributed by atoms with Crippen LogP contribution in [0.2, 0.25) is 0 Å². The van der Waals surface area contributed by atoms with Crippen molar-refractivity contribution in [3.8, 4) is 0 Å². The summed E-state index contributed by atoms with van der Waals surface area (Å²) in [5, 5.41) is 4.74. The molecule has 0 aliphatic rings. The Bertz CT molecular complexity index is 643. The number of hydrogen-bond acceptors (Lipinski definition) is 5. The van der Waals surface area contributed by atoms with Crippen LogP contribution >= 0.6 is 0 Å². The third-order valence-corrected chi connectivity index (χ3v) is 3.40. The summed E-state index contributed by atoms with van der Waals surface area (Å²) in [6.45, 7) is 8.70. The van der Waals surface area contributed by atoms with Crippen LogP contribution < -0.4 is 10.6 Å². The van der Waals surface area contributed by atoms with Gasteiger partial charge in [-0.2, -0.15) is 0 Å². The van der Waals surface area contributed by atoms with E-state index in [0.717, 1.165) is 5.56 Å². The van der Waals surface area contributed by atoms with E-state index in [1.54, 1.807) is 34.6 Å². The molecule has 2 radical (unpaired) electrons. The maximum absolute atomic E-state index is 12.3. The molecule has 0 saturated carbocycles. The number of esters is 1. The molecular weight excluding hydrogens is 347 g/mol. The van der Waals surface area contributed by atoms with Crippen molar-refractivity contribution >= 4 is 25.8 Å². The molecule has 0 aliphatic carbocycles. The zero-order valence-electron chi connectivity index (χ0n) is 16.4. The highest BCUT2D eigenvalue weighted by Gasteiger charge is 2.28. The van der Waals surface area contributed by atoms with E-state index in [1.165, 1.54) is 0 Å². The van der Waals surface area contributed by atoms with Crippen LogP contribution in [0.1, 0.15) is 40.2 Å². The van der Waals surface area contributed by atoms with Crippen LogP contribution in [0, 0.1) is 5.92 Å². The van der Waals surface area contributed by atoms with Crippen molar-refractivity contribution < 1.29 is 23.9 Å². The number of carbonyl (C=O) groups is 3. The summed E-state index contributed by atoms with van der Waals surface area (Å²) in [4.78, 5) is 36.3. The Labute approximate surface area is 161 Å². The zero-order chi connectivity index (χ0) is 20.6. The standard InChI is InChI=1S/C19H27BN2O5/c1-12(2)14(17(24)26-11-13-9-7-6-8-10-13)21-16(23)15(20)22-18(25)27-19(3,4)5/h6-10,12,14-15H,11H2,1-5H3,(H,21,23)(H,22,25)/t14-,15+/m0/s1. The zero-order valence-corrected chi connectivity index (χ0v) is 16.4. The second-order valence-corrected chi connectivity index (χ2v) is 7.45. The predicted molar refractivity (Wildman–Crippen MR) is 102 cm³/mol. The van der Waals surface area contributed by atoms with Gasteiger partial charge >= 0.3 is 12.1 Å². The van der Waals surface area contributed by atoms with E-state index in [2.05, 4.69) is 10.6 Å². The molecule has 0 unspecified atom stereocenters. The van der Waals surface area contributed by atoms with Crippen LogP contribution in [0.3, 0.4) is 0 Å². The summed E-state index contributed by atoms with van der Waals surface area (Å²) in [5.41, 5.74) is 0.116. The summed E-state index contributed by atoms with van der Waals surface area (Å²) in [5.74, 6) is -2.88. The van der Waals surface area contributed by atoms with Crippen molar-refractivity contribution in [2.24, 2.45) is 5.92 Å². The third-order valence-electron chi connectivity index (χ3n) is 3.40. The summed E-state index contributed by atoms with van der Waals surface area (Å²) in [7, 11) is 5.67. The fourth-order valence-electron chi connectivity index (χ4n) is 2.06. The summed E-state index contributed by atoms with van der Waals surface area (Å²) < 4.78 is 10.3. The van der Waals surface area contributed by atoms with Gasteiger partial charge in [-0.05, 0) is 32.3 Å². The molecule has 2 amide bonds. The minimum atomic E-state index is -1.36. The minimum Gasteiger partial charge on any atom is -0.459 e. The molecule has 0 fully saturated rings. The van der Waals surface area contributed by atoms with Crippen LogP contribution in [0.25, 0.3) is 0 Å². The molecule has 0 aromatic heterocycles. The number of hydrogen-bond donors (Lipinski definition) is 2. The first-order valence-electron chi connectivity index (χ1n) is 8.75. The summed E-state index contributed by atoms with van der Waals surface area (Å²) >= 11 is 0. The predicted octanol–water partition coefficient (Wildman–Crippen LogP) is 1.89. The van der Waals surface area contributed by atoms with Crippen molar-refractivity contribution in [1.82, 2.24) is 10.6 Å². The van der Waals surface area contributed by atoms with Gasteiger partial charge in [-0.15, -0.1) is 0 Å². The highest BCUT2D eigenvalue weighted by atomic mass is 16.6. The first-order valence-corrected chi connectivity index (χ1v) is 8.75. The van der Waals surface area contributed by atoms with Crippen molar-refractivity contribution in [1.29, 1.82) is 0 Å². The van der Waals surface area contributed by atoms with E-state index in [9.17, 15) is 14.4 Å². The van der Waals surface area contributed by atoms with Gasteiger partial charge in [0, 0.05) is 0 Å². The van der Waals surface area contributed by atoms with E-state index in [1.807, 2.05) is 30.3 Å². The first kappa shape index (κ1) is 22.5. The number of ether oxygens (including phenoxy) is 2. The minimum absolute atomic E-state index is 0.0982. The number of alkyl carbamates (subject to hydrolysis) is 1. The van der Waals surface area contributed by atoms with E-state index in [0.29, 0.717) is 0 Å². The quantitative estimate of drug-likeness (QED) is 0.562. The molecule has 27 heavy (non-hydrogen) atoms. The van der Waals surface area contributed by atoms with Crippen molar-refractivity contribution in [2.75, 3.05) is 0 Å². The fraction of sp³-hybridized carbons (Fsp3) is 0.526. The Balaban J connectivity index is 2.60. The van der Waals surface area contributed by atoms with E-state index in [4.69, 9.17) is 17.3 Å². The van der Waals surface area contributed by atoms with Crippen LogP contribution in [0.15, 0.2) is 30.3 Å². The molecule has 2 N–H and O–H groups in total. The molecule has 2 atom stereocenters. The average Bonchev–Trinajstić information content (AvgIpc) is 2.56. The smallest absolute Gasteiger partial charge is 0.407 e. The molecule has 1 aromatic rings. The van der Waals surface area contributed by atoms with Gasteiger partial charge in [0.25, 0.3) is 0 Å². The van der Waals surface area contributed by atoms with E-state index in [-0.39, 0.29) is 12.5 Å². The highest BCUT2D eigenvalue weighted by Crippen LogP contribution is 2.09. The second-order valence-electron chi connectivity index (χ2n) is 7.45. The van der Waals surface area contributed by atoms with Crippen molar-refractivity contribution in [2.45, 2.75) is 58.8 Å². The Morgan fingerprint density at radius 1 is 1.07 bits per heavy atom. The van der Waals surface area contributed by atoms with Gasteiger partial charge in [0.15, 0.2) is 0 Å². The van der Waals surface area contributed by atoms with Gasteiger partial charge < -0.3 is 20.1 Å². The van der Waals surface area contributed by atoms with Crippen molar-refractivity contribution in [3.05, 3.63) is 35.9 Å². The Kier molecular flexibility index (Phi) is 8.34. The van der Waals surface area contributed by atoms with Gasteiger partial charge in [0.1, 0.15) is 26.1 Å². The molecule has 0 bridgehead atoms. The lowest BCUT2D eigenvalue weighted by atomic mass is 9.94. The molecule has 146 valence electrons. The normalized spacial score (nSPS) is 13.4.